The van der Waals surface area contributed by atoms with Crippen molar-refractivity contribution in [3.63, 3.8) is 0 Å². The summed E-state index contributed by atoms with van der Waals surface area (Å²) < 4.78 is 15.1. The van der Waals surface area contributed by atoms with Crippen LogP contribution in [-0.2, 0) is 23.9 Å². The Morgan fingerprint density at radius 1 is 1.15 bits per heavy atom. The summed E-state index contributed by atoms with van der Waals surface area (Å²) >= 11 is 0. The zero-order valence-corrected chi connectivity index (χ0v) is 15.7. The molecule has 1 fully saturated rings. The van der Waals surface area contributed by atoms with E-state index in [-0.39, 0.29) is 30.9 Å². The zero-order valence-electron chi connectivity index (χ0n) is 15.7. The highest BCUT2D eigenvalue weighted by molar-refractivity contribution is 5.86. The maximum atomic E-state index is 12.4. The molecule has 0 bridgehead atoms. The lowest BCUT2D eigenvalue weighted by atomic mass is 9.95. The fourth-order valence-corrected chi connectivity index (χ4v) is 2.91. The van der Waals surface area contributed by atoms with Crippen LogP contribution in [0.15, 0.2) is 30.3 Å². The number of benzene rings is 1. The molecule has 1 heterocycles. The molecule has 1 N–H and O–H groups in total. The number of nitrogens with one attached hydrogen (secondary N) is 1. The third-order valence-electron chi connectivity index (χ3n) is 4.46. The molecule has 27 heavy (non-hydrogen) atoms. The van der Waals surface area contributed by atoms with Gasteiger partial charge in [0, 0.05) is 26.1 Å². The number of rotatable bonds is 8. The Hall–Kier alpha value is -2.61. The van der Waals surface area contributed by atoms with Gasteiger partial charge in [-0.2, -0.15) is 0 Å². The van der Waals surface area contributed by atoms with E-state index in [4.69, 9.17) is 9.47 Å². The number of esters is 1. The lowest BCUT2D eigenvalue weighted by Crippen LogP contribution is -2.49. The standard InChI is InChI=1S/C19H26N2O6/c1-25-12-16(19(24)26-2)20-18(23)14-8-10-21(11-9-14)17(22)13-27-15-6-4-3-5-7-15/h3-7,14,16H,8-13H2,1-2H3,(H,20,23)/t16-/m1/s1. The van der Waals surface area contributed by atoms with Crippen molar-refractivity contribution in [3.8, 4) is 5.75 Å². The molecular formula is C19H26N2O6. The Morgan fingerprint density at radius 2 is 1.81 bits per heavy atom. The van der Waals surface area contributed by atoms with Crippen LogP contribution in [0.2, 0.25) is 0 Å². The second kappa shape index (κ2) is 10.5. The number of ether oxygens (including phenoxy) is 3. The first-order chi connectivity index (χ1) is 13.0. The van der Waals surface area contributed by atoms with Crippen LogP contribution < -0.4 is 10.1 Å². The molecule has 1 aromatic carbocycles. The molecule has 1 aliphatic rings. The summed E-state index contributed by atoms with van der Waals surface area (Å²) in [4.78, 5) is 38.0. The van der Waals surface area contributed by atoms with E-state index >= 15 is 0 Å². The number of amides is 2. The molecule has 0 radical (unpaired) electrons. The molecule has 0 aromatic heterocycles. The summed E-state index contributed by atoms with van der Waals surface area (Å²) in [7, 11) is 2.71. The molecule has 0 aliphatic carbocycles. The average molecular weight is 378 g/mol. The van der Waals surface area contributed by atoms with E-state index in [1.165, 1.54) is 14.2 Å². The van der Waals surface area contributed by atoms with Gasteiger partial charge in [0.2, 0.25) is 5.91 Å². The Kier molecular flexibility index (Phi) is 8.06. The molecule has 0 unspecified atom stereocenters. The zero-order chi connectivity index (χ0) is 19.6. The van der Waals surface area contributed by atoms with E-state index in [0.717, 1.165) is 0 Å². The third-order valence-corrected chi connectivity index (χ3v) is 4.46. The van der Waals surface area contributed by atoms with Crippen LogP contribution in [0.5, 0.6) is 5.75 Å². The van der Waals surface area contributed by atoms with Crippen molar-refractivity contribution in [2.24, 2.45) is 5.92 Å². The van der Waals surface area contributed by atoms with Crippen LogP contribution in [-0.4, -0.2) is 69.2 Å². The maximum absolute atomic E-state index is 12.4. The van der Waals surface area contributed by atoms with Gasteiger partial charge < -0.3 is 24.4 Å². The second-order valence-electron chi connectivity index (χ2n) is 6.30. The summed E-state index contributed by atoms with van der Waals surface area (Å²) in [6.45, 7) is 0.968. The molecular weight excluding hydrogens is 352 g/mol. The van der Waals surface area contributed by atoms with Gasteiger partial charge in [-0.05, 0) is 25.0 Å². The molecule has 0 saturated carbocycles. The molecule has 1 atom stereocenters. The molecule has 1 saturated heterocycles. The fraction of sp³-hybridized carbons (Fsp3) is 0.526. The Balaban J connectivity index is 1.77. The van der Waals surface area contributed by atoms with Crippen molar-refractivity contribution in [1.82, 2.24) is 10.2 Å². The molecule has 0 spiro atoms. The first kappa shape index (κ1) is 20.7. The third kappa shape index (κ3) is 6.25. The Morgan fingerprint density at radius 3 is 2.41 bits per heavy atom. The molecule has 148 valence electrons. The van der Waals surface area contributed by atoms with E-state index in [9.17, 15) is 14.4 Å². The molecule has 2 amide bonds. The second-order valence-corrected chi connectivity index (χ2v) is 6.30. The number of methoxy groups -OCH3 is 2. The van der Waals surface area contributed by atoms with Crippen molar-refractivity contribution >= 4 is 17.8 Å². The Bertz CT molecular complexity index is 628. The molecule has 8 heteroatoms. The highest BCUT2D eigenvalue weighted by Gasteiger charge is 2.30. The summed E-state index contributed by atoms with van der Waals surface area (Å²) in [5.41, 5.74) is 0. The number of para-hydroxylation sites is 1. The van der Waals surface area contributed by atoms with Crippen LogP contribution in [0, 0.1) is 5.92 Å². The van der Waals surface area contributed by atoms with E-state index in [0.29, 0.717) is 31.7 Å². The lowest BCUT2D eigenvalue weighted by Gasteiger charge is -2.31. The summed E-state index contributed by atoms with van der Waals surface area (Å²) in [6, 6.07) is 8.32. The van der Waals surface area contributed by atoms with Gasteiger partial charge in [0.15, 0.2) is 12.6 Å². The predicted molar refractivity (Wildman–Crippen MR) is 97.1 cm³/mol. The first-order valence-electron chi connectivity index (χ1n) is 8.88. The van der Waals surface area contributed by atoms with Crippen LogP contribution in [0.1, 0.15) is 12.8 Å². The molecule has 1 aliphatic heterocycles. The number of carbonyl (C=O) groups excluding carboxylic acids is 3. The highest BCUT2D eigenvalue weighted by Crippen LogP contribution is 2.18. The smallest absolute Gasteiger partial charge is 0.330 e. The summed E-state index contributed by atoms with van der Waals surface area (Å²) in [5.74, 6) is -0.490. The van der Waals surface area contributed by atoms with Crippen LogP contribution in [0.4, 0.5) is 0 Å². The predicted octanol–water partition coefficient (Wildman–Crippen LogP) is 0.608. The normalized spacial score (nSPS) is 15.7. The van der Waals surface area contributed by atoms with Gasteiger partial charge >= 0.3 is 5.97 Å². The van der Waals surface area contributed by atoms with Gasteiger partial charge in [-0.15, -0.1) is 0 Å². The minimum Gasteiger partial charge on any atom is -0.484 e. The first-order valence-corrected chi connectivity index (χ1v) is 8.88. The van der Waals surface area contributed by atoms with Crippen molar-refractivity contribution in [3.05, 3.63) is 30.3 Å². The summed E-state index contributed by atoms with van der Waals surface area (Å²) in [5, 5.41) is 2.66. The SMILES string of the molecule is COC[C@@H](NC(=O)C1CCN(C(=O)COc2ccccc2)CC1)C(=O)OC. The van der Waals surface area contributed by atoms with Crippen LogP contribution in [0.3, 0.4) is 0 Å². The number of carbonyl (C=O) groups is 3. The topological polar surface area (TPSA) is 94.2 Å². The molecule has 1 aromatic rings. The monoisotopic (exact) mass is 378 g/mol. The van der Waals surface area contributed by atoms with Gasteiger partial charge in [-0.1, -0.05) is 18.2 Å². The van der Waals surface area contributed by atoms with Crippen molar-refractivity contribution < 1.29 is 28.6 Å². The van der Waals surface area contributed by atoms with E-state index < -0.39 is 12.0 Å². The number of nitrogens with zero attached hydrogens (tertiary/aromatic N) is 1. The van der Waals surface area contributed by atoms with Crippen LogP contribution >= 0.6 is 0 Å². The van der Waals surface area contributed by atoms with E-state index in [2.05, 4.69) is 10.1 Å². The molecule has 8 nitrogen and oxygen atoms in total. The minimum absolute atomic E-state index is 0.0286. The van der Waals surface area contributed by atoms with E-state index in [1.807, 2.05) is 18.2 Å². The highest BCUT2D eigenvalue weighted by atomic mass is 16.5. The average Bonchev–Trinajstić information content (AvgIpc) is 2.71. The number of hydrogen-bond donors (Lipinski definition) is 1. The minimum atomic E-state index is -0.827. The quantitative estimate of drug-likeness (QED) is 0.666. The van der Waals surface area contributed by atoms with Gasteiger partial charge in [0.1, 0.15) is 5.75 Å². The maximum Gasteiger partial charge on any atom is 0.330 e. The van der Waals surface area contributed by atoms with Crippen molar-refractivity contribution in [2.75, 3.05) is 40.5 Å². The van der Waals surface area contributed by atoms with E-state index in [1.54, 1.807) is 17.0 Å². The number of likely N-dealkylation sites (tertiary alicyclic amines) is 1. The largest absolute Gasteiger partial charge is 0.484 e. The van der Waals surface area contributed by atoms with Crippen molar-refractivity contribution in [1.29, 1.82) is 0 Å². The van der Waals surface area contributed by atoms with Gasteiger partial charge in [0.25, 0.3) is 5.91 Å². The lowest BCUT2D eigenvalue weighted by molar-refractivity contribution is -0.147. The summed E-state index contributed by atoms with van der Waals surface area (Å²) in [6.07, 6.45) is 1.06. The van der Waals surface area contributed by atoms with Gasteiger partial charge in [0.05, 0.1) is 13.7 Å². The number of hydrogen-bond acceptors (Lipinski definition) is 6. The van der Waals surface area contributed by atoms with Gasteiger partial charge in [-0.25, -0.2) is 4.79 Å². The van der Waals surface area contributed by atoms with Crippen molar-refractivity contribution in [2.45, 2.75) is 18.9 Å². The number of piperidine rings is 1. The van der Waals surface area contributed by atoms with Gasteiger partial charge in [-0.3, -0.25) is 9.59 Å². The van der Waals surface area contributed by atoms with Crippen LogP contribution in [0.25, 0.3) is 0 Å². The Labute approximate surface area is 158 Å². The fourth-order valence-electron chi connectivity index (χ4n) is 2.91. The molecule has 2 rings (SSSR count).